The van der Waals surface area contributed by atoms with Crippen molar-refractivity contribution in [2.75, 3.05) is 27.8 Å². The summed E-state index contributed by atoms with van der Waals surface area (Å²) in [6.45, 7) is 10.9. The molecule has 1 aliphatic rings. The van der Waals surface area contributed by atoms with Crippen molar-refractivity contribution in [3.63, 3.8) is 0 Å². The minimum atomic E-state index is -1.58. The van der Waals surface area contributed by atoms with E-state index < -0.39 is 8.32 Å². The van der Waals surface area contributed by atoms with Crippen LogP contribution in [-0.4, -0.2) is 62.9 Å². The van der Waals surface area contributed by atoms with E-state index in [0.717, 1.165) is 25.3 Å². The summed E-state index contributed by atoms with van der Waals surface area (Å²) in [4.78, 5) is 0. The molecule has 0 unspecified atom stereocenters. The highest BCUT2D eigenvalue weighted by atomic mass is 32.2. The van der Waals surface area contributed by atoms with E-state index in [-0.39, 0.29) is 0 Å². The second kappa shape index (κ2) is 11.7. The second-order valence-electron chi connectivity index (χ2n) is 8.35. The highest BCUT2D eigenvalue weighted by Crippen LogP contribution is 2.30. The fourth-order valence-corrected chi connectivity index (χ4v) is 7.82. The zero-order valence-electron chi connectivity index (χ0n) is 19.4. The second-order valence-corrected chi connectivity index (χ2v) is 14.5. The summed E-state index contributed by atoms with van der Waals surface area (Å²) in [5, 5.41) is 3.81. The molecule has 1 aliphatic heterocycles. The molecule has 0 saturated carbocycles. The van der Waals surface area contributed by atoms with Gasteiger partial charge in [-0.15, -0.1) is 0 Å². The van der Waals surface area contributed by atoms with Crippen molar-refractivity contribution in [1.29, 1.82) is 0 Å². The molecule has 1 N–H and O–H groups in total. The molecule has 1 saturated heterocycles. The van der Waals surface area contributed by atoms with E-state index >= 15 is 0 Å². The van der Waals surface area contributed by atoms with Crippen LogP contribution in [0.4, 0.5) is 0 Å². The van der Waals surface area contributed by atoms with Gasteiger partial charge in [0.2, 0.25) is 0 Å². The molecule has 2 rings (SSSR count). The fraction of sp³-hybridized carbons (Fsp3) is 0.727. The highest BCUT2D eigenvalue weighted by molar-refractivity contribution is 7.94. The summed E-state index contributed by atoms with van der Waals surface area (Å²) >= 11 is 1.81. The maximum Gasteiger partial charge on any atom is 0.192 e. The van der Waals surface area contributed by atoms with E-state index in [2.05, 4.69) is 67.9 Å². The Balaban J connectivity index is 2.13. The molecule has 0 amide bonds. The molecule has 5 nitrogen and oxygen atoms in total. The predicted molar refractivity (Wildman–Crippen MR) is 128 cm³/mol. The van der Waals surface area contributed by atoms with Crippen LogP contribution in [-0.2, 0) is 11.0 Å². The Bertz CT molecular complexity index is 590. The van der Waals surface area contributed by atoms with E-state index in [1.54, 1.807) is 7.11 Å². The Morgan fingerprint density at radius 2 is 1.72 bits per heavy atom. The van der Waals surface area contributed by atoms with Crippen molar-refractivity contribution in [2.45, 2.75) is 76.9 Å². The summed E-state index contributed by atoms with van der Waals surface area (Å²) in [6.07, 6.45) is 1.14. The van der Waals surface area contributed by atoms with Crippen LogP contribution in [0, 0.1) is 0 Å². The third kappa shape index (κ3) is 6.97. The Kier molecular flexibility index (Phi) is 9.98. The number of rotatable bonds is 12. The minimum absolute atomic E-state index is 0.368. The molecule has 166 valence electrons. The normalized spacial score (nSPS) is 22.6. The Hall–Kier alpha value is -0.573. The van der Waals surface area contributed by atoms with Crippen molar-refractivity contribution in [3.8, 4) is 5.75 Å². The Morgan fingerprint density at radius 3 is 2.24 bits per heavy atom. The van der Waals surface area contributed by atoms with E-state index in [1.165, 1.54) is 23.7 Å². The van der Waals surface area contributed by atoms with Gasteiger partial charge in [0.15, 0.2) is 8.32 Å². The van der Waals surface area contributed by atoms with Gasteiger partial charge in [0.25, 0.3) is 0 Å². The van der Waals surface area contributed by atoms with Crippen LogP contribution in [0.3, 0.4) is 0 Å². The van der Waals surface area contributed by atoms with Crippen LogP contribution in [0.2, 0.25) is 18.1 Å². The number of methoxy groups -OCH3 is 1. The fourth-order valence-electron chi connectivity index (χ4n) is 4.20. The molecule has 1 heterocycles. The molecule has 29 heavy (non-hydrogen) atoms. The molecule has 1 aromatic rings. The Labute approximate surface area is 183 Å². The summed E-state index contributed by atoms with van der Waals surface area (Å²) < 4.78 is 16.7. The first kappa shape index (κ1) is 24.7. The average Bonchev–Trinajstić information content (AvgIpc) is 3.10. The molecule has 7 heteroatoms. The molecule has 0 aliphatic carbocycles. The van der Waals surface area contributed by atoms with Crippen molar-refractivity contribution >= 4 is 20.5 Å². The number of hydrogen-bond donors (Lipinski definition) is 1. The summed E-state index contributed by atoms with van der Waals surface area (Å²) in [5.74, 6) is 0.906. The van der Waals surface area contributed by atoms with Crippen molar-refractivity contribution in [2.24, 2.45) is 0 Å². The lowest BCUT2D eigenvalue weighted by atomic mass is 10.1. The third-order valence-electron chi connectivity index (χ3n) is 6.20. The van der Waals surface area contributed by atoms with Gasteiger partial charge in [-0.25, -0.2) is 8.61 Å². The number of hydrogen-bond acceptors (Lipinski definition) is 6. The van der Waals surface area contributed by atoms with E-state index in [4.69, 9.17) is 9.16 Å². The van der Waals surface area contributed by atoms with Gasteiger partial charge >= 0.3 is 0 Å². The van der Waals surface area contributed by atoms with Crippen LogP contribution < -0.4 is 10.1 Å². The van der Waals surface area contributed by atoms with Crippen LogP contribution in [0.1, 0.15) is 39.7 Å². The van der Waals surface area contributed by atoms with E-state index in [0.29, 0.717) is 18.1 Å². The highest BCUT2D eigenvalue weighted by Gasteiger charge is 2.38. The molecule has 1 aromatic carbocycles. The largest absolute Gasteiger partial charge is 0.497 e. The first-order chi connectivity index (χ1) is 13.9. The van der Waals surface area contributed by atoms with Crippen molar-refractivity contribution < 1.29 is 9.16 Å². The van der Waals surface area contributed by atoms with Gasteiger partial charge in [-0.3, -0.25) is 0 Å². The SMILES string of the molecule is CC[Si](CC)(CC)OC[C@@H]1N[C@H](C)C[C@@H]1N(Cc1ccc(OC)cc1)SN(C)C. The number of nitrogens with zero attached hydrogens (tertiary/aromatic N) is 2. The van der Waals surface area contributed by atoms with Crippen molar-refractivity contribution in [3.05, 3.63) is 29.8 Å². The molecule has 0 spiro atoms. The summed E-state index contributed by atoms with van der Waals surface area (Å²) in [6, 6.07) is 13.4. The standard InChI is InChI=1S/C22H41N3O2SSi/c1-8-29(9-2,10-3)27-17-21-22(15-18(4)23-21)25(28-24(5)6)16-19-11-13-20(26-7)14-12-19/h11-14,18,21-23H,8-10,15-17H2,1-7H3/t18-,21+,22+/m1/s1. The lowest BCUT2D eigenvalue weighted by Crippen LogP contribution is -2.47. The van der Waals surface area contributed by atoms with Crippen LogP contribution in [0.5, 0.6) is 5.75 Å². The first-order valence-electron chi connectivity index (χ1n) is 11.0. The van der Waals surface area contributed by atoms with Gasteiger partial charge in [0, 0.05) is 36.8 Å². The van der Waals surface area contributed by atoms with Crippen LogP contribution >= 0.6 is 12.1 Å². The van der Waals surface area contributed by atoms with Gasteiger partial charge in [-0.05, 0) is 63.3 Å². The maximum absolute atomic E-state index is 6.69. The maximum atomic E-state index is 6.69. The third-order valence-corrected chi connectivity index (χ3v) is 11.8. The summed E-state index contributed by atoms with van der Waals surface area (Å²) in [7, 11) is 4.37. The van der Waals surface area contributed by atoms with Gasteiger partial charge in [-0.1, -0.05) is 32.9 Å². The molecular formula is C22H41N3O2SSi. The number of nitrogens with one attached hydrogen (secondary N) is 1. The Morgan fingerprint density at radius 1 is 1.10 bits per heavy atom. The zero-order valence-corrected chi connectivity index (χ0v) is 21.2. The van der Waals surface area contributed by atoms with E-state index in [9.17, 15) is 0 Å². The van der Waals surface area contributed by atoms with Crippen LogP contribution in [0.25, 0.3) is 0 Å². The molecular weight excluding hydrogens is 398 g/mol. The monoisotopic (exact) mass is 439 g/mol. The van der Waals surface area contributed by atoms with Crippen LogP contribution in [0.15, 0.2) is 24.3 Å². The molecule has 0 radical (unpaired) electrons. The first-order valence-corrected chi connectivity index (χ1v) is 14.3. The van der Waals surface area contributed by atoms with Gasteiger partial charge in [-0.2, -0.15) is 0 Å². The lowest BCUT2D eigenvalue weighted by molar-refractivity contribution is 0.209. The molecule has 1 fully saturated rings. The number of ether oxygens (including phenoxy) is 1. The zero-order chi connectivity index (χ0) is 21.4. The average molecular weight is 440 g/mol. The van der Waals surface area contributed by atoms with Gasteiger partial charge in [0.05, 0.1) is 13.7 Å². The quantitative estimate of drug-likeness (QED) is 0.374. The predicted octanol–water partition coefficient (Wildman–Crippen LogP) is 4.76. The van der Waals surface area contributed by atoms with E-state index in [1.807, 2.05) is 24.3 Å². The number of benzene rings is 1. The lowest BCUT2D eigenvalue weighted by Gasteiger charge is -2.35. The van der Waals surface area contributed by atoms with Crippen molar-refractivity contribution in [1.82, 2.24) is 13.9 Å². The summed E-state index contributed by atoms with van der Waals surface area (Å²) in [5.41, 5.74) is 1.30. The van der Waals surface area contributed by atoms with Gasteiger partial charge < -0.3 is 14.5 Å². The molecule has 3 atom stereocenters. The van der Waals surface area contributed by atoms with Gasteiger partial charge in [0.1, 0.15) is 5.75 Å². The topological polar surface area (TPSA) is 37.0 Å². The molecule has 0 aromatic heterocycles. The smallest absolute Gasteiger partial charge is 0.192 e. The molecule has 0 bridgehead atoms. The minimum Gasteiger partial charge on any atom is -0.497 e.